The molecule has 0 saturated carbocycles. The maximum absolute atomic E-state index is 11.7. The minimum absolute atomic E-state index is 0.317. The summed E-state index contributed by atoms with van der Waals surface area (Å²) in [5, 5.41) is 8.80. The van der Waals surface area contributed by atoms with E-state index in [2.05, 4.69) is 11.8 Å². The summed E-state index contributed by atoms with van der Waals surface area (Å²) in [6, 6.07) is 0. The zero-order chi connectivity index (χ0) is 17.2. The fourth-order valence-corrected chi connectivity index (χ4v) is 2.46. The first kappa shape index (κ1) is 22.1. The highest BCUT2D eigenvalue weighted by atomic mass is 17.1. The minimum Gasteiger partial charge on any atom is -0.433 e. The van der Waals surface area contributed by atoms with Gasteiger partial charge in [-0.3, -0.25) is 4.79 Å². The first-order valence-corrected chi connectivity index (χ1v) is 9.18. The van der Waals surface area contributed by atoms with Crippen molar-refractivity contribution >= 4 is 12.3 Å². The van der Waals surface area contributed by atoms with Crippen LogP contribution in [0.5, 0.6) is 0 Å². The zero-order valence-corrected chi connectivity index (χ0v) is 14.6. The number of esters is 1. The first-order chi connectivity index (χ1) is 11.2. The number of carbonyl (C=O) groups is 2. The van der Waals surface area contributed by atoms with E-state index in [-0.39, 0.29) is 5.97 Å². The van der Waals surface area contributed by atoms with Crippen molar-refractivity contribution in [1.29, 1.82) is 0 Å². The van der Waals surface area contributed by atoms with Crippen molar-refractivity contribution in [3.8, 4) is 0 Å². The van der Waals surface area contributed by atoms with Gasteiger partial charge < -0.3 is 9.53 Å². The predicted molar refractivity (Wildman–Crippen MR) is 90.0 cm³/mol. The highest BCUT2D eigenvalue weighted by Crippen LogP contribution is 2.13. The van der Waals surface area contributed by atoms with E-state index in [1.807, 2.05) is 0 Å². The van der Waals surface area contributed by atoms with E-state index in [0.29, 0.717) is 19.3 Å². The van der Waals surface area contributed by atoms with Crippen molar-refractivity contribution in [2.24, 2.45) is 0 Å². The average Bonchev–Trinajstić information content (AvgIpc) is 2.56. The number of carbonyl (C=O) groups excluding carboxylic acids is 2. The van der Waals surface area contributed by atoms with Crippen LogP contribution in [0.1, 0.15) is 96.8 Å². The van der Waals surface area contributed by atoms with Crippen LogP contribution < -0.4 is 0 Å². The van der Waals surface area contributed by atoms with Crippen LogP contribution in [0.25, 0.3) is 0 Å². The fourth-order valence-electron chi connectivity index (χ4n) is 2.46. The standard InChI is InChI=1S/C18H34O5/c1-2-3-4-5-9-12-15-18(23-21)22-17(20)14-11-8-6-7-10-13-16-19/h16,18,21H,2-15H2,1H3. The van der Waals surface area contributed by atoms with Gasteiger partial charge in [-0.25, -0.2) is 5.26 Å². The highest BCUT2D eigenvalue weighted by molar-refractivity contribution is 5.69. The Morgan fingerprint density at radius 3 is 2.22 bits per heavy atom. The van der Waals surface area contributed by atoms with Crippen LogP contribution in [0.4, 0.5) is 0 Å². The normalized spacial score (nSPS) is 12.1. The Kier molecular flexibility index (Phi) is 16.7. The van der Waals surface area contributed by atoms with Crippen LogP contribution in [-0.4, -0.2) is 23.8 Å². The topological polar surface area (TPSA) is 72.8 Å². The molecule has 1 unspecified atom stereocenters. The van der Waals surface area contributed by atoms with Crippen molar-refractivity contribution in [1.82, 2.24) is 0 Å². The van der Waals surface area contributed by atoms with E-state index in [1.54, 1.807) is 0 Å². The van der Waals surface area contributed by atoms with Crippen molar-refractivity contribution in [3.63, 3.8) is 0 Å². The Hall–Kier alpha value is -0.940. The molecule has 1 atom stereocenters. The summed E-state index contributed by atoms with van der Waals surface area (Å²) in [4.78, 5) is 26.1. The van der Waals surface area contributed by atoms with E-state index in [0.717, 1.165) is 51.2 Å². The summed E-state index contributed by atoms with van der Waals surface area (Å²) >= 11 is 0. The molecule has 0 aliphatic carbocycles. The Morgan fingerprint density at radius 2 is 1.57 bits per heavy atom. The second-order valence-electron chi connectivity index (χ2n) is 6.05. The molecule has 0 saturated heterocycles. The van der Waals surface area contributed by atoms with E-state index < -0.39 is 6.29 Å². The summed E-state index contributed by atoms with van der Waals surface area (Å²) in [5.74, 6) is -0.317. The van der Waals surface area contributed by atoms with Gasteiger partial charge >= 0.3 is 5.97 Å². The van der Waals surface area contributed by atoms with Gasteiger partial charge in [-0.15, -0.1) is 0 Å². The summed E-state index contributed by atoms with van der Waals surface area (Å²) in [6.07, 6.45) is 13.2. The minimum atomic E-state index is -0.832. The van der Waals surface area contributed by atoms with E-state index in [9.17, 15) is 9.59 Å². The van der Waals surface area contributed by atoms with Gasteiger partial charge in [-0.2, -0.15) is 4.89 Å². The van der Waals surface area contributed by atoms with Gasteiger partial charge in [-0.1, -0.05) is 58.3 Å². The lowest BCUT2D eigenvalue weighted by Crippen LogP contribution is -2.20. The highest BCUT2D eigenvalue weighted by Gasteiger charge is 2.14. The Bertz CT molecular complexity index is 281. The second kappa shape index (κ2) is 17.4. The van der Waals surface area contributed by atoms with Crippen molar-refractivity contribution in [2.75, 3.05) is 0 Å². The number of unbranched alkanes of at least 4 members (excludes halogenated alkanes) is 10. The summed E-state index contributed by atoms with van der Waals surface area (Å²) < 4.78 is 5.12. The number of rotatable bonds is 17. The van der Waals surface area contributed by atoms with Gasteiger partial charge in [0.05, 0.1) is 0 Å². The van der Waals surface area contributed by atoms with Gasteiger partial charge in [0.25, 0.3) is 0 Å². The molecule has 0 rings (SSSR count). The SMILES string of the molecule is CCCCCCCCC(OO)OC(=O)CCCCCCCC=O. The van der Waals surface area contributed by atoms with Gasteiger partial charge in [0.1, 0.15) is 6.29 Å². The predicted octanol–water partition coefficient (Wildman–Crippen LogP) is 5.03. The third kappa shape index (κ3) is 15.7. The monoisotopic (exact) mass is 330 g/mol. The first-order valence-electron chi connectivity index (χ1n) is 9.18. The summed E-state index contributed by atoms with van der Waals surface area (Å²) in [7, 11) is 0. The van der Waals surface area contributed by atoms with Crippen molar-refractivity contribution in [2.45, 2.75) is 103 Å². The number of hydrogen-bond donors (Lipinski definition) is 1. The largest absolute Gasteiger partial charge is 0.433 e. The Morgan fingerprint density at radius 1 is 0.957 bits per heavy atom. The molecule has 0 aliphatic rings. The number of hydrogen-bond acceptors (Lipinski definition) is 5. The molecule has 1 N–H and O–H groups in total. The van der Waals surface area contributed by atoms with E-state index in [4.69, 9.17) is 9.99 Å². The smallest absolute Gasteiger partial charge is 0.308 e. The zero-order valence-electron chi connectivity index (χ0n) is 14.6. The molecular formula is C18H34O5. The van der Waals surface area contributed by atoms with Gasteiger partial charge in [0, 0.05) is 19.3 Å². The van der Waals surface area contributed by atoms with Crippen molar-refractivity contribution < 1.29 is 24.5 Å². The van der Waals surface area contributed by atoms with Crippen LogP contribution in [0.3, 0.4) is 0 Å². The molecule has 23 heavy (non-hydrogen) atoms. The molecule has 0 amide bonds. The van der Waals surface area contributed by atoms with Gasteiger partial charge in [0.15, 0.2) is 0 Å². The number of ether oxygens (including phenoxy) is 1. The Balaban J connectivity index is 3.54. The van der Waals surface area contributed by atoms with Crippen LogP contribution in [0.15, 0.2) is 0 Å². The molecule has 5 nitrogen and oxygen atoms in total. The van der Waals surface area contributed by atoms with Gasteiger partial charge in [-0.05, 0) is 19.3 Å². The van der Waals surface area contributed by atoms with Crippen LogP contribution in [0, 0.1) is 0 Å². The number of aldehydes is 1. The van der Waals surface area contributed by atoms with Crippen LogP contribution in [0.2, 0.25) is 0 Å². The molecule has 0 bridgehead atoms. The average molecular weight is 330 g/mol. The van der Waals surface area contributed by atoms with Gasteiger partial charge in [0.2, 0.25) is 6.29 Å². The molecule has 0 aromatic heterocycles. The molecule has 0 heterocycles. The molecule has 0 aromatic rings. The summed E-state index contributed by atoms with van der Waals surface area (Å²) in [5.41, 5.74) is 0. The lowest BCUT2D eigenvalue weighted by molar-refractivity contribution is -0.338. The van der Waals surface area contributed by atoms with Crippen molar-refractivity contribution in [3.05, 3.63) is 0 Å². The molecular weight excluding hydrogens is 296 g/mol. The van der Waals surface area contributed by atoms with E-state index >= 15 is 0 Å². The maximum Gasteiger partial charge on any atom is 0.308 e. The van der Waals surface area contributed by atoms with Crippen LogP contribution >= 0.6 is 0 Å². The Labute approximate surface area is 140 Å². The van der Waals surface area contributed by atoms with E-state index in [1.165, 1.54) is 25.7 Å². The second-order valence-corrected chi connectivity index (χ2v) is 6.05. The molecule has 0 radical (unpaired) electrons. The third-order valence-corrected chi connectivity index (χ3v) is 3.88. The third-order valence-electron chi connectivity index (χ3n) is 3.88. The lowest BCUT2D eigenvalue weighted by atomic mass is 10.1. The molecule has 136 valence electrons. The molecule has 5 heteroatoms. The summed E-state index contributed by atoms with van der Waals surface area (Å²) in [6.45, 7) is 2.18. The quantitative estimate of drug-likeness (QED) is 0.101. The molecule has 0 aromatic carbocycles. The maximum atomic E-state index is 11.7. The lowest BCUT2D eigenvalue weighted by Gasteiger charge is -2.14. The fraction of sp³-hybridized carbons (Fsp3) is 0.889. The molecule has 0 spiro atoms. The molecule has 0 fully saturated rings. The van der Waals surface area contributed by atoms with Crippen LogP contribution in [-0.2, 0) is 19.2 Å². The molecule has 0 aliphatic heterocycles.